The largest absolute Gasteiger partial charge is 0.325 e. The Bertz CT molecular complexity index is 1030. The fraction of sp³-hybridized carbons (Fsp3) is 0.348. The van der Waals surface area contributed by atoms with E-state index in [0.29, 0.717) is 5.75 Å². The number of hydrogen-bond acceptors (Lipinski definition) is 4. The Hall–Kier alpha value is -2.60. The average Bonchev–Trinajstić information content (AvgIpc) is 3.15. The molecule has 3 aromatic rings. The zero-order valence-electron chi connectivity index (χ0n) is 16.9. The van der Waals surface area contributed by atoms with Gasteiger partial charge in [0.1, 0.15) is 0 Å². The molecule has 0 aliphatic heterocycles. The van der Waals surface area contributed by atoms with Gasteiger partial charge in [0.25, 0.3) is 0 Å². The normalized spacial score (nSPS) is 13.2. The lowest BCUT2D eigenvalue weighted by Gasteiger charge is -2.19. The van der Waals surface area contributed by atoms with Crippen LogP contribution in [0.25, 0.3) is 11.4 Å². The molecule has 5 nitrogen and oxygen atoms in total. The van der Waals surface area contributed by atoms with Crippen molar-refractivity contribution in [3.8, 4) is 11.4 Å². The Kier molecular flexibility index (Phi) is 6.00. The number of fused-ring (bicyclic) bond motifs is 1. The maximum absolute atomic E-state index is 12.6. The van der Waals surface area contributed by atoms with Gasteiger partial charge < -0.3 is 9.88 Å². The number of aromatic nitrogens is 3. The molecule has 0 saturated heterocycles. The lowest BCUT2D eigenvalue weighted by Crippen LogP contribution is -2.17. The highest BCUT2D eigenvalue weighted by Gasteiger charge is 2.17. The van der Waals surface area contributed by atoms with E-state index in [9.17, 15) is 4.79 Å². The van der Waals surface area contributed by atoms with Crippen LogP contribution < -0.4 is 5.32 Å². The second-order valence-electron chi connectivity index (χ2n) is 7.41. The van der Waals surface area contributed by atoms with Gasteiger partial charge in [-0.3, -0.25) is 4.79 Å². The first-order valence-electron chi connectivity index (χ1n) is 10.2. The number of carbonyl (C=O) groups excluding carboxylic acids is 1. The molecule has 0 fully saturated rings. The molecule has 1 aliphatic rings. The van der Waals surface area contributed by atoms with E-state index in [1.807, 2.05) is 24.3 Å². The third-order valence-electron chi connectivity index (χ3n) is 5.31. The number of hydrogen-bond donors (Lipinski definition) is 1. The van der Waals surface area contributed by atoms with Crippen LogP contribution in [0.15, 0.2) is 47.6 Å². The molecule has 6 heteroatoms. The van der Waals surface area contributed by atoms with Gasteiger partial charge in [-0.15, -0.1) is 10.2 Å². The van der Waals surface area contributed by atoms with E-state index in [0.717, 1.165) is 41.6 Å². The maximum atomic E-state index is 12.6. The lowest BCUT2D eigenvalue weighted by molar-refractivity contribution is -0.113. The quantitative estimate of drug-likeness (QED) is 0.593. The molecule has 1 heterocycles. The van der Waals surface area contributed by atoms with Gasteiger partial charge in [0, 0.05) is 17.8 Å². The van der Waals surface area contributed by atoms with Crippen molar-refractivity contribution in [1.82, 2.24) is 14.8 Å². The molecule has 0 bridgehead atoms. The summed E-state index contributed by atoms with van der Waals surface area (Å²) in [7, 11) is 0. The Balaban J connectivity index is 1.45. The first-order chi connectivity index (χ1) is 14.2. The Morgan fingerprint density at radius 1 is 1.14 bits per heavy atom. The molecule has 29 heavy (non-hydrogen) atoms. The van der Waals surface area contributed by atoms with Gasteiger partial charge in [0.15, 0.2) is 11.0 Å². The van der Waals surface area contributed by atoms with Crippen LogP contribution in [0.5, 0.6) is 0 Å². The van der Waals surface area contributed by atoms with Crippen molar-refractivity contribution in [2.45, 2.75) is 51.2 Å². The summed E-state index contributed by atoms with van der Waals surface area (Å²) in [6, 6.07) is 14.5. The number of aryl methyl sites for hydroxylation is 2. The molecule has 1 aliphatic carbocycles. The number of amides is 1. The molecule has 0 atom stereocenters. The standard InChI is InChI=1S/C23H26N4OS/c1-3-27-22(18-11-6-8-16(2)14-18)25-26-23(27)29-15-21(28)24-20-13-7-10-17-9-4-5-12-19(17)20/h6-8,10-11,13-14H,3-5,9,12,15H2,1-2H3,(H,24,28). The number of carbonyl (C=O) groups is 1. The number of anilines is 1. The van der Waals surface area contributed by atoms with E-state index >= 15 is 0 Å². The van der Waals surface area contributed by atoms with Crippen molar-refractivity contribution in [1.29, 1.82) is 0 Å². The smallest absolute Gasteiger partial charge is 0.234 e. The minimum absolute atomic E-state index is 0.00303. The topological polar surface area (TPSA) is 59.8 Å². The van der Waals surface area contributed by atoms with Crippen LogP contribution in [-0.4, -0.2) is 26.4 Å². The van der Waals surface area contributed by atoms with E-state index in [-0.39, 0.29) is 5.91 Å². The van der Waals surface area contributed by atoms with Gasteiger partial charge in [-0.25, -0.2) is 0 Å². The van der Waals surface area contributed by atoms with Crippen LogP contribution in [0.2, 0.25) is 0 Å². The van der Waals surface area contributed by atoms with Crippen molar-refractivity contribution in [2.75, 3.05) is 11.1 Å². The molecule has 150 valence electrons. The molecular formula is C23H26N4OS. The van der Waals surface area contributed by atoms with Crippen LogP contribution in [-0.2, 0) is 24.2 Å². The zero-order valence-corrected chi connectivity index (χ0v) is 17.8. The molecule has 0 spiro atoms. The summed E-state index contributed by atoms with van der Waals surface area (Å²) in [5.74, 6) is 1.16. The molecule has 0 saturated carbocycles. The summed E-state index contributed by atoms with van der Waals surface area (Å²) in [5.41, 5.74) is 5.87. The van der Waals surface area contributed by atoms with Crippen molar-refractivity contribution < 1.29 is 4.79 Å². The predicted octanol–water partition coefficient (Wildman–Crippen LogP) is 4.88. The summed E-state index contributed by atoms with van der Waals surface area (Å²) in [6.45, 7) is 4.90. The molecule has 0 unspecified atom stereocenters. The Morgan fingerprint density at radius 3 is 2.79 bits per heavy atom. The van der Waals surface area contributed by atoms with E-state index in [1.54, 1.807) is 0 Å². The van der Waals surface area contributed by atoms with E-state index < -0.39 is 0 Å². The molecule has 0 radical (unpaired) electrons. The summed E-state index contributed by atoms with van der Waals surface area (Å²) in [5, 5.41) is 12.6. The van der Waals surface area contributed by atoms with Gasteiger partial charge in [-0.2, -0.15) is 0 Å². The number of nitrogens with zero attached hydrogens (tertiary/aromatic N) is 3. The minimum Gasteiger partial charge on any atom is -0.325 e. The number of nitrogens with one attached hydrogen (secondary N) is 1. The van der Waals surface area contributed by atoms with Crippen molar-refractivity contribution in [3.63, 3.8) is 0 Å². The summed E-state index contributed by atoms with van der Waals surface area (Å²) in [4.78, 5) is 12.6. The van der Waals surface area contributed by atoms with Crippen LogP contribution in [0.1, 0.15) is 36.5 Å². The lowest BCUT2D eigenvalue weighted by atomic mass is 9.90. The monoisotopic (exact) mass is 406 g/mol. The van der Waals surface area contributed by atoms with Gasteiger partial charge >= 0.3 is 0 Å². The van der Waals surface area contributed by atoms with E-state index in [1.165, 1.54) is 41.3 Å². The molecular weight excluding hydrogens is 380 g/mol. The van der Waals surface area contributed by atoms with Crippen molar-refractivity contribution >= 4 is 23.4 Å². The van der Waals surface area contributed by atoms with E-state index in [2.05, 4.69) is 52.1 Å². The van der Waals surface area contributed by atoms with Gasteiger partial charge in [0.2, 0.25) is 5.91 Å². The predicted molar refractivity (Wildman–Crippen MR) is 118 cm³/mol. The average molecular weight is 407 g/mol. The van der Waals surface area contributed by atoms with Crippen LogP contribution in [0.3, 0.4) is 0 Å². The molecule has 1 amide bonds. The molecule has 2 aromatic carbocycles. The summed E-state index contributed by atoms with van der Waals surface area (Å²) in [6.07, 6.45) is 4.57. The first kappa shape index (κ1) is 19.7. The SMILES string of the molecule is CCn1c(SCC(=O)Nc2cccc3c2CCCC3)nnc1-c1cccc(C)c1. The molecule has 4 rings (SSSR count). The highest BCUT2D eigenvalue weighted by atomic mass is 32.2. The number of benzene rings is 2. The van der Waals surface area contributed by atoms with Crippen molar-refractivity contribution in [2.24, 2.45) is 0 Å². The van der Waals surface area contributed by atoms with E-state index in [4.69, 9.17) is 0 Å². The number of rotatable bonds is 6. The second kappa shape index (κ2) is 8.82. The van der Waals surface area contributed by atoms with Crippen molar-refractivity contribution in [3.05, 3.63) is 59.2 Å². The molecule has 1 N–H and O–H groups in total. The summed E-state index contributed by atoms with van der Waals surface area (Å²) < 4.78 is 2.07. The fourth-order valence-corrected chi connectivity index (χ4v) is 4.70. The van der Waals surface area contributed by atoms with Crippen LogP contribution in [0, 0.1) is 6.92 Å². The van der Waals surface area contributed by atoms with Gasteiger partial charge in [-0.1, -0.05) is 47.7 Å². The van der Waals surface area contributed by atoms with Crippen LogP contribution in [0.4, 0.5) is 5.69 Å². The van der Waals surface area contributed by atoms with Crippen LogP contribution >= 0.6 is 11.8 Å². The van der Waals surface area contributed by atoms with Gasteiger partial charge in [-0.05, 0) is 62.8 Å². The summed E-state index contributed by atoms with van der Waals surface area (Å²) >= 11 is 1.43. The Labute approximate surface area is 175 Å². The first-order valence-corrected chi connectivity index (χ1v) is 11.2. The second-order valence-corrected chi connectivity index (χ2v) is 8.35. The highest BCUT2D eigenvalue weighted by molar-refractivity contribution is 7.99. The maximum Gasteiger partial charge on any atom is 0.234 e. The fourth-order valence-electron chi connectivity index (χ4n) is 3.89. The Morgan fingerprint density at radius 2 is 1.97 bits per heavy atom. The number of thioether (sulfide) groups is 1. The molecule has 1 aromatic heterocycles. The van der Waals surface area contributed by atoms with Gasteiger partial charge in [0.05, 0.1) is 5.75 Å². The zero-order chi connectivity index (χ0) is 20.2. The minimum atomic E-state index is -0.00303. The third kappa shape index (κ3) is 4.37. The third-order valence-corrected chi connectivity index (χ3v) is 6.28. The highest BCUT2D eigenvalue weighted by Crippen LogP contribution is 2.29.